The van der Waals surface area contributed by atoms with E-state index in [9.17, 15) is 4.79 Å². The maximum atomic E-state index is 12.0. The van der Waals surface area contributed by atoms with Gasteiger partial charge in [0.1, 0.15) is 6.04 Å². The molecule has 7 nitrogen and oxygen atoms in total. The highest BCUT2D eigenvalue weighted by atomic mass is 35.5. The fourth-order valence-corrected chi connectivity index (χ4v) is 2.34. The van der Waals surface area contributed by atoms with Crippen molar-refractivity contribution in [3.8, 4) is 6.01 Å². The Labute approximate surface area is 122 Å². The lowest BCUT2D eigenvalue weighted by molar-refractivity contribution is -0.145. The molecule has 20 heavy (non-hydrogen) atoms. The van der Waals surface area contributed by atoms with E-state index in [0.29, 0.717) is 25.5 Å². The van der Waals surface area contributed by atoms with E-state index in [1.807, 2.05) is 0 Å². The first-order chi connectivity index (χ1) is 9.65. The van der Waals surface area contributed by atoms with Gasteiger partial charge < -0.3 is 14.4 Å². The first-order valence-electron chi connectivity index (χ1n) is 6.54. The van der Waals surface area contributed by atoms with Crippen LogP contribution in [0.4, 0.5) is 5.95 Å². The third kappa shape index (κ3) is 3.27. The molecule has 0 spiro atoms. The Hall–Kier alpha value is -1.63. The number of anilines is 1. The number of piperidine rings is 1. The topological polar surface area (TPSA) is 77.4 Å². The quantitative estimate of drug-likeness (QED) is 0.779. The van der Waals surface area contributed by atoms with Gasteiger partial charge in [0.25, 0.3) is 0 Å². The van der Waals surface area contributed by atoms with Crippen LogP contribution >= 0.6 is 11.6 Å². The van der Waals surface area contributed by atoms with Crippen LogP contribution < -0.4 is 9.64 Å². The Morgan fingerprint density at radius 3 is 2.90 bits per heavy atom. The van der Waals surface area contributed by atoms with E-state index in [1.165, 1.54) is 7.11 Å². The van der Waals surface area contributed by atoms with E-state index in [1.54, 1.807) is 11.8 Å². The van der Waals surface area contributed by atoms with Crippen molar-refractivity contribution < 1.29 is 14.3 Å². The van der Waals surface area contributed by atoms with Gasteiger partial charge in [-0.1, -0.05) is 0 Å². The zero-order valence-corrected chi connectivity index (χ0v) is 12.3. The van der Waals surface area contributed by atoms with Crippen molar-refractivity contribution in [1.29, 1.82) is 0 Å². The van der Waals surface area contributed by atoms with E-state index in [4.69, 9.17) is 21.1 Å². The van der Waals surface area contributed by atoms with Crippen molar-refractivity contribution >= 4 is 23.5 Å². The van der Waals surface area contributed by atoms with Crippen LogP contribution in [0.15, 0.2) is 0 Å². The molecule has 2 heterocycles. The van der Waals surface area contributed by atoms with Gasteiger partial charge in [-0.05, 0) is 37.8 Å². The second-order valence-electron chi connectivity index (χ2n) is 4.35. The van der Waals surface area contributed by atoms with Crippen LogP contribution in [0.2, 0.25) is 5.28 Å². The normalized spacial score (nSPS) is 18.8. The zero-order chi connectivity index (χ0) is 14.5. The van der Waals surface area contributed by atoms with Gasteiger partial charge in [0.2, 0.25) is 11.2 Å². The molecule has 0 aliphatic carbocycles. The summed E-state index contributed by atoms with van der Waals surface area (Å²) >= 11 is 5.85. The van der Waals surface area contributed by atoms with E-state index >= 15 is 0 Å². The number of aromatic nitrogens is 3. The third-order valence-electron chi connectivity index (χ3n) is 3.08. The molecule has 1 fully saturated rings. The molecular weight excluding hydrogens is 284 g/mol. The summed E-state index contributed by atoms with van der Waals surface area (Å²) in [5.41, 5.74) is 0. The molecule has 0 bridgehead atoms. The Bertz CT molecular complexity index is 486. The van der Waals surface area contributed by atoms with Gasteiger partial charge in [-0.3, -0.25) is 0 Å². The lowest BCUT2D eigenvalue weighted by atomic mass is 10.0. The summed E-state index contributed by atoms with van der Waals surface area (Å²) in [6.45, 7) is 2.81. The first-order valence-corrected chi connectivity index (χ1v) is 6.92. The Balaban J connectivity index is 2.27. The van der Waals surface area contributed by atoms with E-state index in [2.05, 4.69) is 15.0 Å². The predicted octanol–water partition coefficient (Wildman–Crippen LogP) is 1.46. The molecule has 1 aromatic heterocycles. The van der Waals surface area contributed by atoms with Crippen molar-refractivity contribution in [3.63, 3.8) is 0 Å². The number of esters is 1. The van der Waals surface area contributed by atoms with Crippen molar-refractivity contribution in [1.82, 2.24) is 15.0 Å². The number of halogens is 1. The molecule has 1 unspecified atom stereocenters. The van der Waals surface area contributed by atoms with Crippen LogP contribution in [0.1, 0.15) is 26.2 Å². The van der Waals surface area contributed by atoms with E-state index < -0.39 is 0 Å². The fourth-order valence-electron chi connectivity index (χ4n) is 2.20. The minimum absolute atomic E-state index is 0.0417. The second-order valence-corrected chi connectivity index (χ2v) is 4.69. The van der Waals surface area contributed by atoms with Crippen molar-refractivity contribution in [3.05, 3.63) is 5.28 Å². The van der Waals surface area contributed by atoms with Gasteiger partial charge in [0.05, 0.1) is 13.7 Å². The number of ether oxygens (including phenoxy) is 2. The molecule has 1 aliphatic heterocycles. The number of carbonyl (C=O) groups is 1. The van der Waals surface area contributed by atoms with Gasteiger partial charge in [-0.2, -0.15) is 15.0 Å². The molecule has 110 valence electrons. The summed E-state index contributed by atoms with van der Waals surface area (Å²) in [7, 11) is 1.45. The average Bonchev–Trinajstić information content (AvgIpc) is 2.46. The molecule has 0 amide bonds. The van der Waals surface area contributed by atoms with Gasteiger partial charge in [0, 0.05) is 6.54 Å². The fraction of sp³-hybridized carbons (Fsp3) is 0.667. The van der Waals surface area contributed by atoms with Crippen LogP contribution in [0.5, 0.6) is 6.01 Å². The van der Waals surface area contributed by atoms with Crippen LogP contribution in [0.3, 0.4) is 0 Å². The summed E-state index contributed by atoms with van der Waals surface area (Å²) in [6, 6.07) is -0.250. The maximum Gasteiger partial charge on any atom is 0.328 e. The average molecular weight is 301 g/mol. The molecule has 0 saturated carbocycles. The monoisotopic (exact) mass is 300 g/mol. The van der Waals surface area contributed by atoms with Crippen LogP contribution in [-0.4, -0.2) is 47.2 Å². The summed E-state index contributed by atoms with van der Waals surface area (Å²) < 4.78 is 10.1. The second kappa shape index (κ2) is 6.69. The maximum absolute atomic E-state index is 12.0. The molecule has 2 rings (SSSR count). The molecule has 1 saturated heterocycles. The summed E-state index contributed by atoms with van der Waals surface area (Å²) in [6.07, 6.45) is 2.64. The predicted molar refractivity (Wildman–Crippen MR) is 73.0 cm³/mol. The number of hydrogen-bond donors (Lipinski definition) is 0. The first kappa shape index (κ1) is 14.8. The van der Waals surface area contributed by atoms with Crippen molar-refractivity contribution in [2.75, 3.05) is 25.2 Å². The highest BCUT2D eigenvalue weighted by Crippen LogP contribution is 2.24. The minimum atomic E-state index is -0.383. The van der Waals surface area contributed by atoms with Gasteiger partial charge in [-0.25, -0.2) is 4.79 Å². The van der Waals surface area contributed by atoms with Crippen LogP contribution in [0, 0.1) is 0 Å². The molecule has 1 aliphatic rings. The molecule has 0 N–H and O–H groups in total. The molecule has 8 heteroatoms. The molecule has 1 aromatic rings. The highest BCUT2D eigenvalue weighted by molar-refractivity contribution is 6.28. The van der Waals surface area contributed by atoms with Gasteiger partial charge >= 0.3 is 12.0 Å². The van der Waals surface area contributed by atoms with Crippen molar-refractivity contribution in [2.45, 2.75) is 32.2 Å². The number of hydrogen-bond acceptors (Lipinski definition) is 7. The zero-order valence-electron chi connectivity index (χ0n) is 11.5. The van der Waals surface area contributed by atoms with Crippen LogP contribution in [-0.2, 0) is 9.53 Å². The molecule has 0 radical (unpaired) electrons. The van der Waals surface area contributed by atoms with Gasteiger partial charge in [0.15, 0.2) is 0 Å². The lowest BCUT2D eigenvalue weighted by Crippen LogP contribution is -2.46. The van der Waals surface area contributed by atoms with Gasteiger partial charge in [-0.15, -0.1) is 0 Å². The molecule has 0 aromatic carbocycles. The van der Waals surface area contributed by atoms with Crippen molar-refractivity contribution in [2.24, 2.45) is 0 Å². The number of nitrogens with zero attached hydrogens (tertiary/aromatic N) is 4. The number of carbonyl (C=O) groups excluding carboxylic acids is 1. The summed E-state index contributed by atoms with van der Waals surface area (Å²) in [4.78, 5) is 25.9. The Morgan fingerprint density at radius 2 is 2.20 bits per heavy atom. The SMILES string of the molecule is CCOC(=O)C1CCCCN1c1nc(Cl)nc(OC)n1. The smallest absolute Gasteiger partial charge is 0.328 e. The lowest BCUT2D eigenvalue weighted by Gasteiger charge is -2.33. The largest absolute Gasteiger partial charge is 0.467 e. The number of rotatable bonds is 4. The Morgan fingerprint density at radius 1 is 1.40 bits per heavy atom. The highest BCUT2D eigenvalue weighted by Gasteiger charge is 2.32. The Kier molecular flexibility index (Phi) is 4.94. The molecular formula is C12H17ClN4O3. The minimum Gasteiger partial charge on any atom is -0.467 e. The molecule has 1 atom stereocenters. The number of methoxy groups -OCH3 is 1. The van der Waals surface area contributed by atoms with E-state index in [0.717, 1.165) is 12.8 Å². The summed E-state index contributed by atoms with van der Waals surface area (Å²) in [5, 5.41) is 0.0417. The van der Waals surface area contributed by atoms with E-state index in [-0.39, 0.29) is 23.3 Å². The standard InChI is InChI=1S/C12H17ClN4O3/c1-3-20-9(18)8-6-4-5-7-17(8)11-14-10(13)15-12(16-11)19-2/h8H,3-7H2,1-2H3. The third-order valence-corrected chi connectivity index (χ3v) is 3.25. The summed E-state index contributed by atoms with van der Waals surface area (Å²) in [5.74, 6) is 0.0855. The van der Waals surface area contributed by atoms with Crippen LogP contribution in [0.25, 0.3) is 0 Å².